The van der Waals surface area contributed by atoms with Crippen molar-refractivity contribution in [1.29, 1.82) is 0 Å². The fourth-order valence-corrected chi connectivity index (χ4v) is 2.66. The molecular formula is C20H23N5O5. The van der Waals surface area contributed by atoms with Crippen LogP contribution in [0.25, 0.3) is 11.4 Å². The number of ether oxygens (including phenoxy) is 1. The number of benzene rings is 1. The van der Waals surface area contributed by atoms with Crippen LogP contribution in [0.5, 0.6) is 5.75 Å². The average Bonchev–Trinajstić information content (AvgIpc) is 3.36. The lowest BCUT2D eigenvalue weighted by atomic mass is 10.2. The van der Waals surface area contributed by atoms with Crippen molar-refractivity contribution in [3.8, 4) is 17.1 Å². The van der Waals surface area contributed by atoms with Crippen LogP contribution in [0.1, 0.15) is 25.0 Å². The monoisotopic (exact) mass is 413 g/mol. The van der Waals surface area contributed by atoms with E-state index in [1.807, 2.05) is 31.2 Å². The number of hydrogen-bond donors (Lipinski definition) is 1. The van der Waals surface area contributed by atoms with Gasteiger partial charge < -0.3 is 24.0 Å². The van der Waals surface area contributed by atoms with Gasteiger partial charge in [0.15, 0.2) is 5.82 Å². The summed E-state index contributed by atoms with van der Waals surface area (Å²) in [6, 6.07) is 8.94. The standard InChI is InChI=1S/C20H23N5O5/c1-4-28-15-7-5-14(6-8-15)20-22-18(30-24-20)9-10-19(27)25(3)12-17(26)21-16-11-13(2)29-23-16/h5-8,11H,4,9-10,12H2,1-3H3,(H,21,23,26). The lowest BCUT2D eigenvalue weighted by Crippen LogP contribution is -2.35. The smallest absolute Gasteiger partial charge is 0.245 e. The molecule has 2 aromatic heterocycles. The van der Waals surface area contributed by atoms with Gasteiger partial charge in [-0.05, 0) is 38.1 Å². The maximum Gasteiger partial charge on any atom is 0.245 e. The van der Waals surface area contributed by atoms with E-state index in [1.165, 1.54) is 4.90 Å². The van der Waals surface area contributed by atoms with Crippen molar-refractivity contribution in [3.05, 3.63) is 42.0 Å². The Labute approximate surface area is 173 Å². The molecule has 0 radical (unpaired) electrons. The number of nitrogens with one attached hydrogen (secondary N) is 1. The van der Waals surface area contributed by atoms with Gasteiger partial charge in [-0.25, -0.2) is 0 Å². The zero-order chi connectivity index (χ0) is 21.5. The second-order valence-electron chi connectivity index (χ2n) is 6.59. The van der Waals surface area contributed by atoms with E-state index < -0.39 is 0 Å². The Balaban J connectivity index is 1.47. The molecule has 30 heavy (non-hydrogen) atoms. The van der Waals surface area contributed by atoms with Crippen molar-refractivity contribution in [1.82, 2.24) is 20.2 Å². The summed E-state index contributed by atoms with van der Waals surface area (Å²) in [5, 5.41) is 10.2. The van der Waals surface area contributed by atoms with E-state index >= 15 is 0 Å². The first-order valence-electron chi connectivity index (χ1n) is 9.47. The number of amides is 2. The fraction of sp³-hybridized carbons (Fsp3) is 0.350. The van der Waals surface area contributed by atoms with E-state index in [4.69, 9.17) is 13.8 Å². The maximum absolute atomic E-state index is 12.3. The number of nitrogens with zero attached hydrogens (tertiary/aromatic N) is 4. The predicted molar refractivity (Wildman–Crippen MR) is 107 cm³/mol. The third-order valence-corrected chi connectivity index (χ3v) is 4.15. The van der Waals surface area contributed by atoms with Gasteiger partial charge >= 0.3 is 0 Å². The molecule has 0 spiro atoms. The summed E-state index contributed by atoms with van der Waals surface area (Å²) in [6.45, 7) is 4.13. The first-order chi connectivity index (χ1) is 14.4. The van der Waals surface area contributed by atoms with Crippen LogP contribution in [0, 0.1) is 6.92 Å². The highest BCUT2D eigenvalue weighted by molar-refractivity contribution is 5.93. The first-order valence-corrected chi connectivity index (χ1v) is 9.47. The zero-order valence-electron chi connectivity index (χ0n) is 17.0. The third kappa shape index (κ3) is 5.66. The summed E-state index contributed by atoms with van der Waals surface area (Å²) in [5.41, 5.74) is 0.789. The molecule has 0 fully saturated rings. The van der Waals surface area contributed by atoms with Crippen molar-refractivity contribution in [3.63, 3.8) is 0 Å². The molecule has 0 saturated carbocycles. The molecule has 158 valence electrons. The quantitative estimate of drug-likeness (QED) is 0.567. The number of aryl methyl sites for hydroxylation is 2. The molecule has 2 amide bonds. The Bertz CT molecular complexity index is 995. The zero-order valence-corrected chi connectivity index (χ0v) is 17.0. The number of rotatable bonds is 9. The van der Waals surface area contributed by atoms with E-state index in [2.05, 4.69) is 20.6 Å². The Kier molecular flexibility index (Phi) is 6.79. The van der Waals surface area contributed by atoms with Gasteiger partial charge in [0.25, 0.3) is 0 Å². The van der Waals surface area contributed by atoms with Gasteiger partial charge in [0.1, 0.15) is 11.5 Å². The second-order valence-corrected chi connectivity index (χ2v) is 6.59. The van der Waals surface area contributed by atoms with Gasteiger partial charge in [-0.1, -0.05) is 10.3 Å². The van der Waals surface area contributed by atoms with Crippen LogP contribution in [-0.2, 0) is 16.0 Å². The second kappa shape index (κ2) is 9.68. The van der Waals surface area contributed by atoms with E-state index in [0.717, 1.165) is 11.3 Å². The number of carbonyl (C=O) groups is 2. The molecule has 0 aliphatic heterocycles. The van der Waals surface area contributed by atoms with Crippen LogP contribution < -0.4 is 10.1 Å². The molecule has 0 unspecified atom stereocenters. The Hall–Kier alpha value is -3.69. The minimum absolute atomic E-state index is 0.105. The van der Waals surface area contributed by atoms with Gasteiger partial charge in [0.05, 0.1) is 13.2 Å². The molecule has 0 aliphatic carbocycles. The molecular weight excluding hydrogens is 390 g/mol. The van der Waals surface area contributed by atoms with E-state index in [-0.39, 0.29) is 31.2 Å². The highest BCUT2D eigenvalue weighted by Gasteiger charge is 2.16. The Morgan fingerprint density at radius 1 is 1.17 bits per heavy atom. The largest absolute Gasteiger partial charge is 0.494 e. The van der Waals surface area contributed by atoms with Crippen LogP contribution in [0.2, 0.25) is 0 Å². The molecule has 3 aromatic rings. The molecule has 0 bridgehead atoms. The molecule has 10 nitrogen and oxygen atoms in total. The highest BCUT2D eigenvalue weighted by atomic mass is 16.5. The average molecular weight is 413 g/mol. The predicted octanol–water partition coefficient (Wildman–Crippen LogP) is 2.46. The molecule has 0 aliphatic rings. The van der Waals surface area contributed by atoms with Crippen LogP contribution in [0.4, 0.5) is 5.82 Å². The summed E-state index contributed by atoms with van der Waals surface area (Å²) in [7, 11) is 1.55. The molecule has 10 heteroatoms. The van der Waals surface area contributed by atoms with E-state index in [0.29, 0.717) is 29.9 Å². The number of hydrogen-bond acceptors (Lipinski definition) is 8. The molecule has 2 heterocycles. The van der Waals surface area contributed by atoms with Crippen molar-refractivity contribution >= 4 is 17.6 Å². The summed E-state index contributed by atoms with van der Waals surface area (Å²) in [5.74, 6) is 1.86. The van der Waals surface area contributed by atoms with E-state index in [1.54, 1.807) is 20.0 Å². The van der Waals surface area contributed by atoms with Crippen molar-refractivity contribution < 1.29 is 23.4 Å². The van der Waals surface area contributed by atoms with Crippen molar-refractivity contribution in [2.75, 3.05) is 25.5 Å². The number of carbonyl (C=O) groups excluding carboxylic acids is 2. The SMILES string of the molecule is CCOc1ccc(-c2noc(CCC(=O)N(C)CC(=O)Nc3cc(C)on3)n2)cc1. The van der Waals surface area contributed by atoms with Gasteiger partial charge in [0, 0.05) is 31.5 Å². The minimum Gasteiger partial charge on any atom is -0.494 e. The fourth-order valence-electron chi connectivity index (χ4n) is 2.66. The minimum atomic E-state index is -0.366. The molecule has 1 aromatic carbocycles. The van der Waals surface area contributed by atoms with Gasteiger partial charge in [-0.15, -0.1) is 0 Å². The molecule has 3 rings (SSSR count). The van der Waals surface area contributed by atoms with Crippen LogP contribution >= 0.6 is 0 Å². The van der Waals surface area contributed by atoms with Crippen LogP contribution in [0.3, 0.4) is 0 Å². The van der Waals surface area contributed by atoms with Crippen LogP contribution in [-0.4, -0.2) is 52.2 Å². The van der Waals surface area contributed by atoms with Crippen LogP contribution in [0.15, 0.2) is 39.4 Å². The normalized spacial score (nSPS) is 10.6. The Morgan fingerprint density at radius 3 is 2.60 bits per heavy atom. The molecule has 1 N–H and O–H groups in total. The first kappa shape index (κ1) is 21.0. The third-order valence-electron chi connectivity index (χ3n) is 4.15. The number of aromatic nitrogens is 3. The lowest BCUT2D eigenvalue weighted by molar-refractivity contribution is -0.133. The summed E-state index contributed by atoms with van der Waals surface area (Å²) < 4.78 is 15.5. The van der Waals surface area contributed by atoms with E-state index in [9.17, 15) is 9.59 Å². The highest BCUT2D eigenvalue weighted by Crippen LogP contribution is 2.20. The van der Waals surface area contributed by atoms with Gasteiger partial charge in [-0.3, -0.25) is 9.59 Å². The summed E-state index contributed by atoms with van der Waals surface area (Å²) in [4.78, 5) is 29.9. The lowest BCUT2D eigenvalue weighted by Gasteiger charge is -2.15. The summed E-state index contributed by atoms with van der Waals surface area (Å²) in [6.07, 6.45) is 0.412. The van der Waals surface area contributed by atoms with Gasteiger partial charge in [-0.2, -0.15) is 4.98 Å². The van der Waals surface area contributed by atoms with Crippen molar-refractivity contribution in [2.45, 2.75) is 26.7 Å². The number of likely N-dealkylation sites (N-methyl/N-ethyl adjacent to an activating group) is 1. The Morgan fingerprint density at radius 2 is 1.93 bits per heavy atom. The maximum atomic E-state index is 12.3. The van der Waals surface area contributed by atoms with Gasteiger partial charge in [0.2, 0.25) is 23.5 Å². The van der Waals surface area contributed by atoms with Crippen molar-refractivity contribution in [2.24, 2.45) is 0 Å². The number of anilines is 1. The summed E-state index contributed by atoms with van der Waals surface area (Å²) >= 11 is 0. The molecule has 0 saturated heterocycles. The molecule has 0 atom stereocenters. The topological polar surface area (TPSA) is 124 Å².